The van der Waals surface area contributed by atoms with Gasteiger partial charge in [-0.05, 0) is 27.5 Å². The number of benzene rings is 1. The van der Waals surface area contributed by atoms with Gasteiger partial charge in [0.15, 0.2) is 0 Å². The maximum atomic E-state index is 12.2. The molecule has 0 spiro atoms. The van der Waals surface area contributed by atoms with Crippen LogP contribution in [0.2, 0.25) is 0 Å². The molecule has 0 saturated carbocycles. The number of nitriles is 2. The third kappa shape index (κ3) is 3.66. The molecule has 0 aliphatic carbocycles. The minimum atomic E-state index is -1.16. The van der Waals surface area contributed by atoms with Crippen molar-refractivity contribution >= 4 is 11.8 Å². The number of aromatic hydroxyl groups is 1. The van der Waals surface area contributed by atoms with Gasteiger partial charge in [-0.3, -0.25) is 14.9 Å². The Bertz CT molecular complexity index is 809. The van der Waals surface area contributed by atoms with Gasteiger partial charge in [0.05, 0.1) is 12.1 Å². The highest BCUT2D eigenvalue weighted by Crippen LogP contribution is 2.44. The number of imide groups is 1. The van der Waals surface area contributed by atoms with E-state index < -0.39 is 40.4 Å². The zero-order valence-corrected chi connectivity index (χ0v) is 16.5. The van der Waals surface area contributed by atoms with Crippen LogP contribution in [0.25, 0.3) is 0 Å². The molecule has 142 valence electrons. The van der Waals surface area contributed by atoms with E-state index >= 15 is 0 Å². The summed E-state index contributed by atoms with van der Waals surface area (Å²) in [5.74, 6) is -4.42. The highest BCUT2D eigenvalue weighted by molar-refractivity contribution is 6.03. The van der Waals surface area contributed by atoms with E-state index in [4.69, 9.17) is 0 Å². The third-order valence-electron chi connectivity index (χ3n) is 4.94. The molecule has 6 heteroatoms. The second-order valence-electron chi connectivity index (χ2n) is 9.06. The van der Waals surface area contributed by atoms with Crippen molar-refractivity contribution in [3.05, 3.63) is 28.8 Å². The van der Waals surface area contributed by atoms with Gasteiger partial charge in [-0.25, -0.2) is 0 Å². The number of carbonyl (C=O) groups is 2. The summed E-state index contributed by atoms with van der Waals surface area (Å²) in [6, 6.07) is 7.32. The van der Waals surface area contributed by atoms with Crippen molar-refractivity contribution in [1.82, 2.24) is 5.32 Å². The average Bonchev–Trinajstić information content (AvgIpc) is 2.52. The molecule has 1 aliphatic rings. The number of carbonyl (C=O) groups excluding carboxylic acids is 2. The molecule has 1 aliphatic heterocycles. The van der Waals surface area contributed by atoms with E-state index in [2.05, 4.69) is 5.32 Å². The highest BCUT2D eigenvalue weighted by Gasteiger charge is 2.46. The third-order valence-corrected chi connectivity index (χ3v) is 4.94. The van der Waals surface area contributed by atoms with Crippen molar-refractivity contribution < 1.29 is 14.7 Å². The fourth-order valence-corrected chi connectivity index (χ4v) is 3.45. The van der Waals surface area contributed by atoms with Crippen LogP contribution >= 0.6 is 0 Å². The van der Waals surface area contributed by atoms with Gasteiger partial charge in [0.2, 0.25) is 11.8 Å². The fraction of sp³-hybridized carbons (Fsp3) is 0.524. The average molecular weight is 367 g/mol. The number of rotatable bonds is 1. The lowest BCUT2D eigenvalue weighted by atomic mass is 9.71. The number of phenolic OH excluding ortho intramolecular Hbond substituents is 1. The predicted molar refractivity (Wildman–Crippen MR) is 99.6 cm³/mol. The summed E-state index contributed by atoms with van der Waals surface area (Å²) in [5.41, 5.74) is 1.02. The van der Waals surface area contributed by atoms with E-state index in [1.165, 1.54) is 0 Å². The van der Waals surface area contributed by atoms with Crippen LogP contribution in [0.15, 0.2) is 12.1 Å². The first kappa shape index (κ1) is 20.5. The zero-order chi connectivity index (χ0) is 20.7. The first-order valence-electron chi connectivity index (χ1n) is 8.84. The number of nitrogens with zero attached hydrogens (tertiary/aromatic N) is 2. The summed E-state index contributed by atoms with van der Waals surface area (Å²) in [4.78, 5) is 24.4. The first-order valence-corrected chi connectivity index (χ1v) is 8.84. The van der Waals surface area contributed by atoms with Crippen LogP contribution in [0.4, 0.5) is 0 Å². The largest absolute Gasteiger partial charge is 0.507 e. The maximum Gasteiger partial charge on any atom is 0.244 e. The van der Waals surface area contributed by atoms with Gasteiger partial charge < -0.3 is 5.11 Å². The van der Waals surface area contributed by atoms with Gasteiger partial charge in [0.1, 0.15) is 17.6 Å². The first-order chi connectivity index (χ1) is 12.3. The number of hydrogen-bond acceptors (Lipinski definition) is 5. The van der Waals surface area contributed by atoms with Gasteiger partial charge in [0, 0.05) is 5.92 Å². The van der Waals surface area contributed by atoms with Crippen molar-refractivity contribution in [1.29, 1.82) is 10.5 Å². The summed E-state index contributed by atoms with van der Waals surface area (Å²) < 4.78 is 0. The van der Waals surface area contributed by atoms with Crippen LogP contribution in [0, 0.1) is 34.5 Å². The number of phenols is 1. The van der Waals surface area contributed by atoms with Crippen LogP contribution in [-0.2, 0) is 20.4 Å². The lowest BCUT2D eigenvalue weighted by Crippen LogP contribution is -2.49. The van der Waals surface area contributed by atoms with Crippen molar-refractivity contribution in [2.75, 3.05) is 0 Å². The molecule has 27 heavy (non-hydrogen) atoms. The van der Waals surface area contributed by atoms with E-state index in [-0.39, 0.29) is 5.75 Å². The molecular formula is C21H25N3O3. The second kappa shape index (κ2) is 6.70. The van der Waals surface area contributed by atoms with Crippen molar-refractivity contribution in [2.24, 2.45) is 11.8 Å². The second-order valence-corrected chi connectivity index (χ2v) is 9.06. The highest BCUT2D eigenvalue weighted by atomic mass is 16.3. The van der Waals surface area contributed by atoms with Gasteiger partial charge in [-0.15, -0.1) is 0 Å². The molecule has 0 radical (unpaired) electrons. The molecule has 0 unspecified atom stereocenters. The summed E-state index contributed by atoms with van der Waals surface area (Å²) >= 11 is 0. The minimum absolute atomic E-state index is 0.160. The molecule has 2 rings (SSSR count). The lowest BCUT2D eigenvalue weighted by molar-refractivity contribution is -0.137. The molecule has 1 aromatic carbocycles. The van der Waals surface area contributed by atoms with Crippen LogP contribution in [0.5, 0.6) is 5.75 Å². The minimum Gasteiger partial charge on any atom is -0.507 e. The smallest absolute Gasteiger partial charge is 0.244 e. The molecule has 1 saturated heterocycles. The van der Waals surface area contributed by atoms with Crippen molar-refractivity contribution in [3.8, 4) is 17.9 Å². The van der Waals surface area contributed by atoms with Crippen molar-refractivity contribution in [2.45, 2.75) is 58.3 Å². The summed E-state index contributed by atoms with van der Waals surface area (Å²) in [7, 11) is 0. The zero-order valence-electron chi connectivity index (χ0n) is 16.5. The SMILES string of the molecule is CC(C)(C)c1cc(C2[C@H](C#N)C(=O)NC(=O)[C@H]2C#N)cc(C(C)(C)C)c1O. The van der Waals surface area contributed by atoms with E-state index in [1.807, 2.05) is 53.7 Å². The number of amides is 2. The molecule has 2 amide bonds. The molecule has 1 aromatic rings. The monoisotopic (exact) mass is 367 g/mol. The Morgan fingerprint density at radius 1 is 0.889 bits per heavy atom. The Morgan fingerprint density at radius 3 is 1.56 bits per heavy atom. The maximum absolute atomic E-state index is 12.2. The number of piperidine rings is 1. The Kier molecular flexibility index (Phi) is 5.08. The lowest BCUT2D eigenvalue weighted by Gasteiger charge is -2.33. The molecule has 0 bridgehead atoms. The van der Waals surface area contributed by atoms with Gasteiger partial charge in [0.25, 0.3) is 0 Å². The number of nitrogens with one attached hydrogen (secondary N) is 1. The standard InChI is InChI=1S/C21H25N3O3/c1-20(2,3)14-7-11(8-15(17(14)25)21(4,5)6)16-12(9-22)18(26)24-19(27)13(16)10-23/h7-8,12-13,16,25H,1-6H3,(H,24,26,27)/t12-,13-/m0/s1. The van der Waals surface area contributed by atoms with E-state index in [0.717, 1.165) is 0 Å². The van der Waals surface area contributed by atoms with Crippen LogP contribution < -0.4 is 5.32 Å². The summed E-state index contributed by atoms with van der Waals surface area (Å²) in [5, 5.41) is 32.0. The summed E-state index contributed by atoms with van der Waals surface area (Å²) in [6.45, 7) is 11.7. The van der Waals surface area contributed by atoms with Crippen molar-refractivity contribution in [3.63, 3.8) is 0 Å². The molecule has 1 heterocycles. The Labute approximate surface area is 159 Å². The summed E-state index contributed by atoms with van der Waals surface area (Å²) in [6.07, 6.45) is 0. The van der Waals surface area contributed by atoms with E-state index in [9.17, 15) is 25.2 Å². The molecular weight excluding hydrogens is 342 g/mol. The fourth-order valence-electron chi connectivity index (χ4n) is 3.45. The van der Waals surface area contributed by atoms with Gasteiger partial charge >= 0.3 is 0 Å². The van der Waals surface area contributed by atoms with Gasteiger partial charge in [-0.1, -0.05) is 53.7 Å². The predicted octanol–water partition coefficient (Wildman–Crippen LogP) is 3.01. The van der Waals surface area contributed by atoms with Crippen LogP contribution in [0.1, 0.15) is 64.2 Å². The quantitative estimate of drug-likeness (QED) is 0.741. The Balaban J connectivity index is 2.83. The normalized spacial score (nSPS) is 21.3. The Morgan fingerprint density at radius 2 is 1.26 bits per heavy atom. The number of hydrogen-bond donors (Lipinski definition) is 2. The molecule has 1 fully saturated rings. The molecule has 0 aromatic heterocycles. The van der Waals surface area contributed by atoms with E-state index in [0.29, 0.717) is 16.7 Å². The topological polar surface area (TPSA) is 114 Å². The molecule has 6 nitrogen and oxygen atoms in total. The van der Waals surface area contributed by atoms with Crippen LogP contribution in [0.3, 0.4) is 0 Å². The molecule has 2 atom stereocenters. The van der Waals surface area contributed by atoms with Gasteiger partial charge in [-0.2, -0.15) is 10.5 Å². The molecule has 2 N–H and O–H groups in total. The van der Waals surface area contributed by atoms with Crippen LogP contribution in [-0.4, -0.2) is 16.9 Å². The van der Waals surface area contributed by atoms with E-state index in [1.54, 1.807) is 12.1 Å². The Hall–Kier alpha value is -2.86.